The Labute approximate surface area is 191 Å². The SMILES string of the molecule is COC(=O)C1C(=O)C(C)=C2OC3(CC2(C)C1C)C(C)CCC1C(C)(C)OC(=O)CCC13C. The van der Waals surface area contributed by atoms with Gasteiger partial charge in [-0.05, 0) is 51.9 Å². The zero-order valence-electron chi connectivity index (χ0n) is 20.8. The molecule has 4 rings (SSSR count). The van der Waals surface area contributed by atoms with E-state index >= 15 is 0 Å². The number of esters is 2. The van der Waals surface area contributed by atoms with Crippen LogP contribution in [0.5, 0.6) is 0 Å². The average Bonchev–Trinajstić information content (AvgIpc) is 3.01. The molecule has 4 aliphatic rings. The highest BCUT2D eigenvalue weighted by Gasteiger charge is 2.71. The molecule has 1 saturated carbocycles. The van der Waals surface area contributed by atoms with Crippen LogP contribution in [0.15, 0.2) is 11.3 Å². The smallest absolute Gasteiger partial charge is 0.316 e. The van der Waals surface area contributed by atoms with Crippen LogP contribution < -0.4 is 0 Å². The van der Waals surface area contributed by atoms with Crippen LogP contribution in [0.25, 0.3) is 0 Å². The van der Waals surface area contributed by atoms with E-state index in [0.29, 0.717) is 24.8 Å². The van der Waals surface area contributed by atoms with Gasteiger partial charge in [-0.2, -0.15) is 0 Å². The van der Waals surface area contributed by atoms with Gasteiger partial charge in [0.15, 0.2) is 5.78 Å². The fourth-order valence-electron chi connectivity index (χ4n) is 7.91. The van der Waals surface area contributed by atoms with Crippen molar-refractivity contribution >= 4 is 17.7 Å². The van der Waals surface area contributed by atoms with Crippen LogP contribution in [0.2, 0.25) is 0 Å². The molecule has 32 heavy (non-hydrogen) atoms. The van der Waals surface area contributed by atoms with Gasteiger partial charge in [0.2, 0.25) is 0 Å². The molecule has 7 unspecified atom stereocenters. The predicted octanol–water partition coefficient (Wildman–Crippen LogP) is 4.60. The fraction of sp³-hybridized carbons (Fsp3) is 0.808. The van der Waals surface area contributed by atoms with E-state index in [0.717, 1.165) is 18.6 Å². The first-order valence-corrected chi connectivity index (χ1v) is 12.0. The first-order valence-electron chi connectivity index (χ1n) is 12.0. The van der Waals surface area contributed by atoms with Crippen molar-refractivity contribution in [1.82, 2.24) is 0 Å². The lowest BCUT2D eigenvalue weighted by atomic mass is 9.47. The number of rotatable bonds is 1. The first-order chi connectivity index (χ1) is 14.7. The van der Waals surface area contributed by atoms with Gasteiger partial charge in [-0.15, -0.1) is 0 Å². The zero-order valence-corrected chi connectivity index (χ0v) is 20.8. The molecule has 2 heterocycles. The third-order valence-electron chi connectivity index (χ3n) is 9.87. The van der Waals surface area contributed by atoms with E-state index in [1.165, 1.54) is 7.11 Å². The number of Topliss-reactive ketones (excluding diaryl/α,β-unsaturated/α-hetero) is 1. The fourth-order valence-corrected chi connectivity index (χ4v) is 7.91. The van der Waals surface area contributed by atoms with E-state index < -0.39 is 28.5 Å². The van der Waals surface area contributed by atoms with Crippen LogP contribution in [-0.2, 0) is 28.6 Å². The molecule has 0 aromatic rings. The molecule has 3 fully saturated rings. The Bertz CT molecular complexity index is 902. The topological polar surface area (TPSA) is 78.9 Å². The molecule has 0 aromatic heterocycles. The second kappa shape index (κ2) is 7.07. The highest BCUT2D eigenvalue weighted by molar-refractivity contribution is 6.09. The second-order valence-corrected chi connectivity index (χ2v) is 11.7. The number of carbonyl (C=O) groups excluding carboxylic acids is 3. The monoisotopic (exact) mass is 446 g/mol. The summed E-state index contributed by atoms with van der Waals surface area (Å²) in [6.45, 7) is 14.4. The Morgan fingerprint density at radius 2 is 1.72 bits per heavy atom. The van der Waals surface area contributed by atoms with Gasteiger partial charge in [-0.25, -0.2) is 0 Å². The van der Waals surface area contributed by atoms with Crippen molar-refractivity contribution in [2.45, 2.75) is 91.8 Å². The van der Waals surface area contributed by atoms with Crippen molar-refractivity contribution in [3.8, 4) is 0 Å². The maximum atomic E-state index is 13.2. The summed E-state index contributed by atoms with van der Waals surface area (Å²) in [7, 11) is 1.34. The summed E-state index contributed by atoms with van der Waals surface area (Å²) in [6, 6.07) is 0. The normalized spacial score (nSPS) is 45.5. The molecule has 2 aliphatic carbocycles. The van der Waals surface area contributed by atoms with Gasteiger partial charge in [0.1, 0.15) is 22.9 Å². The molecule has 7 atom stereocenters. The van der Waals surface area contributed by atoms with Gasteiger partial charge in [0.25, 0.3) is 0 Å². The van der Waals surface area contributed by atoms with Crippen LogP contribution in [0.4, 0.5) is 0 Å². The van der Waals surface area contributed by atoms with E-state index in [1.807, 2.05) is 20.8 Å². The third kappa shape index (κ3) is 2.80. The Balaban J connectivity index is 1.87. The summed E-state index contributed by atoms with van der Waals surface area (Å²) in [4.78, 5) is 38.3. The van der Waals surface area contributed by atoms with E-state index in [1.54, 1.807) is 6.92 Å². The van der Waals surface area contributed by atoms with Gasteiger partial charge >= 0.3 is 11.9 Å². The van der Waals surface area contributed by atoms with E-state index in [2.05, 4.69) is 20.8 Å². The summed E-state index contributed by atoms with van der Waals surface area (Å²) < 4.78 is 18.0. The standard InChI is InChI=1S/C26H38O6/c1-14-9-10-17-23(4,5)31-18(27)11-12-25(17,7)26(14)13-24(6)16(3)19(22(29)30-8)20(28)15(2)21(24)32-26/h14,16-17,19H,9-13H2,1-8H3. The molecule has 0 radical (unpaired) electrons. The zero-order chi connectivity index (χ0) is 23.9. The Morgan fingerprint density at radius 3 is 2.34 bits per heavy atom. The third-order valence-corrected chi connectivity index (χ3v) is 9.87. The van der Waals surface area contributed by atoms with Crippen LogP contribution in [0.1, 0.15) is 80.6 Å². The number of hydrogen-bond acceptors (Lipinski definition) is 6. The summed E-state index contributed by atoms with van der Waals surface area (Å²) in [5.74, 6) is -0.756. The summed E-state index contributed by atoms with van der Waals surface area (Å²) in [5, 5.41) is 0. The van der Waals surface area contributed by atoms with Crippen molar-refractivity contribution in [3.63, 3.8) is 0 Å². The molecule has 0 bridgehead atoms. The Hall–Kier alpha value is -1.85. The number of carbonyl (C=O) groups is 3. The van der Waals surface area contributed by atoms with Gasteiger partial charge in [0.05, 0.1) is 7.11 Å². The van der Waals surface area contributed by atoms with E-state index in [9.17, 15) is 14.4 Å². The van der Waals surface area contributed by atoms with Crippen molar-refractivity contribution in [3.05, 3.63) is 11.3 Å². The van der Waals surface area contributed by atoms with E-state index in [-0.39, 0.29) is 34.9 Å². The molecule has 1 spiro atoms. The maximum absolute atomic E-state index is 13.2. The molecular weight excluding hydrogens is 408 g/mol. The second-order valence-electron chi connectivity index (χ2n) is 11.7. The Kier molecular flexibility index (Phi) is 5.15. The minimum Gasteiger partial charge on any atom is -0.490 e. The lowest BCUT2D eigenvalue weighted by molar-refractivity contribution is -0.202. The first kappa shape index (κ1) is 23.3. The molecular formula is C26H38O6. The van der Waals surface area contributed by atoms with Crippen molar-refractivity contribution in [2.24, 2.45) is 34.5 Å². The lowest BCUT2D eigenvalue weighted by Crippen LogP contribution is -2.61. The van der Waals surface area contributed by atoms with Crippen LogP contribution in [0.3, 0.4) is 0 Å². The van der Waals surface area contributed by atoms with Crippen molar-refractivity contribution in [1.29, 1.82) is 0 Å². The summed E-state index contributed by atoms with van der Waals surface area (Å²) >= 11 is 0. The van der Waals surface area contributed by atoms with Gasteiger partial charge in [-0.1, -0.05) is 27.7 Å². The molecule has 2 aliphatic heterocycles. The molecule has 0 N–H and O–H groups in total. The van der Waals surface area contributed by atoms with Gasteiger partial charge in [0, 0.05) is 35.2 Å². The lowest BCUT2D eigenvalue weighted by Gasteiger charge is -2.59. The van der Waals surface area contributed by atoms with Gasteiger partial charge in [-0.3, -0.25) is 14.4 Å². The maximum Gasteiger partial charge on any atom is 0.316 e. The van der Waals surface area contributed by atoms with Crippen molar-refractivity contribution in [2.75, 3.05) is 7.11 Å². The number of methoxy groups -OCH3 is 1. The molecule has 0 amide bonds. The highest BCUT2D eigenvalue weighted by atomic mass is 16.6. The molecule has 0 aromatic carbocycles. The minimum atomic E-state index is -0.814. The highest BCUT2D eigenvalue weighted by Crippen LogP contribution is 2.69. The number of cyclic esters (lactones) is 1. The molecule has 6 heteroatoms. The van der Waals surface area contributed by atoms with Gasteiger partial charge < -0.3 is 14.2 Å². The van der Waals surface area contributed by atoms with Crippen LogP contribution in [0, 0.1) is 34.5 Å². The molecule has 2 saturated heterocycles. The number of allylic oxidation sites excluding steroid dienone is 2. The summed E-state index contributed by atoms with van der Waals surface area (Å²) in [5.41, 5.74) is -1.36. The predicted molar refractivity (Wildman–Crippen MR) is 118 cm³/mol. The minimum absolute atomic E-state index is 0.143. The van der Waals surface area contributed by atoms with Crippen molar-refractivity contribution < 1.29 is 28.6 Å². The molecule has 178 valence electrons. The summed E-state index contributed by atoms with van der Waals surface area (Å²) in [6.07, 6.45) is 3.70. The number of fused-ring (bicyclic) bond motifs is 3. The number of hydrogen-bond donors (Lipinski definition) is 0. The van der Waals surface area contributed by atoms with Crippen LogP contribution in [-0.4, -0.2) is 36.0 Å². The molecule has 6 nitrogen and oxygen atoms in total. The Morgan fingerprint density at radius 1 is 1.06 bits per heavy atom. The average molecular weight is 447 g/mol. The van der Waals surface area contributed by atoms with E-state index in [4.69, 9.17) is 14.2 Å². The quantitative estimate of drug-likeness (QED) is 0.433. The largest absolute Gasteiger partial charge is 0.490 e. The van der Waals surface area contributed by atoms with Crippen LogP contribution >= 0.6 is 0 Å². The number of ether oxygens (including phenoxy) is 3. The number of ketones is 1.